The summed E-state index contributed by atoms with van der Waals surface area (Å²) in [5.41, 5.74) is 1.07. The maximum Gasteiger partial charge on any atom is 0.348 e. The third-order valence-corrected chi connectivity index (χ3v) is 7.41. The van der Waals surface area contributed by atoms with Gasteiger partial charge in [0.15, 0.2) is 10.9 Å². The molecule has 180 valence electrons. The Morgan fingerprint density at radius 1 is 1.18 bits per heavy atom. The van der Waals surface area contributed by atoms with Crippen LogP contribution in [0.25, 0.3) is 10.2 Å². The van der Waals surface area contributed by atoms with Gasteiger partial charge in [0.05, 0.1) is 30.9 Å². The van der Waals surface area contributed by atoms with Crippen molar-refractivity contribution < 1.29 is 23.9 Å². The molecule has 0 aliphatic carbocycles. The largest absolute Gasteiger partial charge is 0.466 e. The van der Waals surface area contributed by atoms with Gasteiger partial charge in [0.1, 0.15) is 16.1 Å². The average molecular weight is 567 g/mol. The molecule has 0 radical (unpaired) electrons. The maximum absolute atomic E-state index is 13.6. The molecule has 2 aromatic heterocycles. The molecule has 34 heavy (non-hydrogen) atoms. The number of esters is 2. The molecule has 0 spiro atoms. The van der Waals surface area contributed by atoms with Gasteiger partial charge in [0, 0.05) is 4.47 Å². The van der Waals surface area contributed by atoms with Crippen LogP contribution < -0.4 is 5.56 Å². The first-order valence-corrected chi connectivity index (χ1v) is 13.1. The summed E-state index contributed by atoms with van der Waals surface area (Å²) in [6, 6.07) is 7.51. The number of aryl methyl sites for hydroxylation is 1. The van der Waals surface area contributed by atoms with Gasteiger partial charge < -0.3 is 9.47 Å². The number of carbonyl (C=O) groups is 3. The topological polar surface area (TPSA) is 105 Å². The van der Waals surface area contributed by atoms with Crippen molar-refractivity contribution in [3.63, 3.8) is 0 Å². The Balaban J connectivity index is 2.03. The van der Waals surface area contributed by atoms with E-state index in [1.807, 2.05) is 24.3 Å². The molecule has 0 atom stereocenters. The van der Waals surface area contributed by atoms with Crippen molar-refractivity contribution in [3.05, 3.63) is 55.1 Å². The minimum atomic E-state index is -0.587. The van der Waals surface area contributed by atoms with Crippen LogP contribution in [0.5, 0.6) is 0 Å². The third kappa shape index (κ3) is 6.13. The molecule has 0 bridgehead atoms. The fraction of sp³-hybridized carbons (Fsp3) is 0.348. The Labute approximate surface area is 212 Å². The van der Waals surface area contributed by atoms with Gasteiger partial charge in [-0.3, -0.25) is 19.0 Å². The van der Waals surface area contributed by atoms with E-state index in [2.05, 4.69) is 20.9 Å². The molecule has 2 heterocycles. The lowest BCUT2D eigenvalue weighted by Crippen LogP contribution is -2.24. The second kappa shape index (κ2) is 11.8. The lowest BCUT2D eigenvalue weighted by molar-refractivity contribution is -0.145. The van der Waals surface area contributed by atoms with E-state index in [-0.39, 0.29) is 43.3 Å². The van der Waals surface area contributed by atoms with E-state index in [0.29, 0.717) is 25.8 Å². The Bertz CT molecular complexity index is 1300. The summed E-state index contributed by atoms with van der Waals surface area (Å²) in [7, 11) is 0. The molecule has 1 aromatic carbocycles. The predicted molar refractivity (Wildman–Crippen MR) is 135 cm³/mol. The van der Waals surface area contributed by atoms with E-state index in [4.69, 9.17) is 9.47 Å². The Morgan fingerprint density at radius 3 is 2.59 bits per heavy atom. The minimum Gasteiger partial charge on any atom is -0.466 e. The van der Waals surface area contributed by atoms with Crippen LogP contribution in [0.1, 0.15) is 41.1 Å². The summed E-state index contributed by atoms with van der Waals surface area (Å²) >= 11 is 5.60. The van der Waals surface area contributed by atoms with Gasteiger partial charge in [-0.1, -0.05) is 39.8 Å². The summed E-state index contributed by atoms with van der Waals surface area (Å²) in [5.74, 6) is -1.47. The van der Waals surface area contributed by atoms with E-state index in [1.54, 1.807) is 20.8 Å². The van der Waals surface area contributed by atoms with Gasteiger partial charge >= 0.3 is 11.9 Å². The van der Waals surface area contributed by atoms with Crippen LogP contribution in [0, 0.1) is 6.92 Å². The molecule has 0 N–H and O–H groups in total. The van der Waals surface area contributed by atoms with Crippen molar-refractivity contribution in [2.24, 2.45) is 0 Å². The van der Waals surface area contributed by atoms with Gasteiger partial charge in [-0.25, -0.2) is 9.78 Å². The molecular weight excluding hydrogens is 544 g/mol. The van der Waals surface area contributed by atoms with E-state index in [0.717, 1.165) is 33.1 Å². The first-order chi connectivity index (χ1) is 16.2. The zero-order valence-corrected chi connectivity index (χ0v) is 22.1. The van der Waals surface area contributed by atoms with Crippen molar-refractivity contribution in [1.82, 2.24) is 9.55 Å². The number of Topliss-reactive ketones (excluding diaryl/α,β-unsaturated/α-hetero) is 1. The van der Waals surface area contributed by atoms with Gasteiger partial charge in [0.2, 0.25) is 0 Å². The number of thiophene rings is 1. The van der Waals surface area contributed by atoms with Crippen molar-refractivity contribution in [3.8, 4) is 0 Å². The summed E-state index contributed by atoms with van der Waals surface area (Å²) in [6.07, 6.45) is -0.343. The highest BCUT2D eigenvalue weighted by Gasteiger charge is 2.23. The molecule has 11 heteroatoms. The highest BCUT2D eigenvalue weighted by atomic mass is 79.9. The van der Waals surface area contributed by atoms with Gasteiger partial charge in [-0.15, -0.1) is 11.3 Å². The van der Waals surface area contributed by atoms with Gasteiger partial charge in [-0.05, 0) is 44.0 Å². The van der Waals surface area contributed by atoms with Crippen LogP contribution in [0.4, 0.5) is 0 Å². The lowest BCUT2D eigenvalue weighted by atomic mass is 10.2. The summed E-state index contributed by atoms with van der Waals surface area (Å²) in [6.45, 7) is 5.73. The monoisotopic (exact) mass is 566 g/mol. The second-order valence-electron chi connectivity index (χ2n) is 7.18. The number of hydrogen-bond acceptors (Lipinski definition) is 9. The van der Waals surface area contributed by atoms with E-state index in [9.17, 15) is 19.2 Å². The smallest absolute Gasteiger partial charge is 0.348 e. The molecular formula is C23H23BrN2O6S2. The molecule has 8 nitrogen and oxygen atoms in total. The van der Waals surface area contributed by atoms with Crippen LogP contribution in [-0.2, 0) is 25.6 Å². The number of rotatable bonds is 10. The number of ketones is 1. The van der Waals surface area contributed by atoms with Crippen LogP contribution >= 0.6 is 39.0 Å². The average Bonchev–Trinajstić information content (AvgIpc) is 3.11. The van der Waals surface area contributed by atoms with Gasteiger partial charge in [-0.2, -0.15) is 0 Å². The number of carbonyl (C=O) groups excluding carboxylic acids is 3. The molecule has 0 saturated heterocycles. The number of nitrogens with zero attached hydrogens (tertiary/aromatic N) is 2. The quantitative estimate of drug-likeness (QED) is 0.154. The number of hydrogen-bond donors (Lipinski definition) is 0. The fourth-order valence-corrected chi connectivity index (χ4v) is 5.65. The summed E-state index contributed by atoms with van der Waals surface area (Å²) in [4.78, 5) is 55.2. The number of benzene rings is 1. The van der Waals surface area contributed by atoms with Crippen molar-refractivity contribution in [2.45, 2.75) is 38.9 Å². The fourth-order valence-electron chi connectivity index (χ4n) is 3.23. The highest BCUT2D eigenvalue weighted by Crippen LogP contribution is 2.30. The van der Waals surface area contributed by atoms with Crippen LogP contribution in [0.2, 0.25) is 0 Å². The Hall–Kier alpha value is -2.50. The minimum absolute atomic E-state index is 0.0513. The molecule has 0 saturated carbocycles. The predicted octanol–water partition coefficient (Wildman–Crippen LogP) is 4.37. The zero-order chi connectivity index (χ0) is 24.8. The molecule has 3 rings (SSSR count). The standard InChI is InChI=1S/C23H23BrN2O6S2/c1-4-31-17(28)10-16(27)12-33-23-25-20-18(13(3)19(34-20)22(30)32-5-2)21(29)26(23)11-14-7-6-8-15(24)9-14/h6-9H,4-5,10-12H2,1-3H3. The molecule has 0 aliphatic rings. The van der Waals surface area contributed by atoms with Crippen LogP contribution in [-0.4, -0.2) is 46.2 Å². The zero-order valence-electron chi connectivity index (χ0n) is 18.9. The third-order valence-electron chi connectivity index (χ3n) is 4.71. The Morgan fingerprint density at radius 2 is 1.91 bits per heavy atom. The first-order valence-electron chi connectivity index (χ1n) is 10.5. The van der Waals surface area contributed by atoms with Gasteiger partial charge in [0.25, 0.3) is 5.56 Å². The molecule has 0 unspecified atom stereocenters. The Kier molecular flexibility index (Phi) is 9.03. The van der Waals surface area contributed by atoms with Crippen LogP contribution in [0.3, 0.4) is 0 Å². The van der Waals surface area contributed by atoms with E-state index >= 15 is 0 Å². The van der Waals surface area contributed by atoms with E-state index < -0.39 is 11.9 Å². The molecule has 0 fully saturated rings. The second-order valence-corrected chi connectivity index (χ2v) is 10.0. The molecule has 3 aromatic rings. The number of thioether (sulfide) groups is 1. The van der Waals surface area contributed by atoms with Crippen LogP contribution in [0.15, 0.2) is 38.7 Å². The first kappa shape index (κ1) is 26.1. The molecule has 0 amide bonds. The summed E-state index contributed by atoms with van der Waals surface area (Å²) < 4.78 is 12.3. The molecule has 0 aliphatic heterocycles. The normalized spacial score (nSPS) is 10.9. The number of aromatic nitrogens is 2. The lowest BCUT2D eigenvalue weighted by Gasteiger charge is -2.12. The SMILES string of the molecule is CCOC(=O)CC(=O)CSc1nc2sc(C(=O)OCC)c(C)c2c(=O)n1Cc1cccc(Br)c1. The summed E-state index contributed by atoms with van der Waals surface area (Å²) in [5, 5.41) is 0.677. The van der Waals surface area contributed by atoms with Crippen molar-refractivity contribution in [1.29, 1.82) is 0 Å². The number of fused-ring (bicyclic) bond motifs is 1. The van der Waals surface area contributed by atoms with Crippen molar-refractivity contribution >= 4 is 67.0 Å². The van der Waals surface area contributed by atoms with E-state index in [1.165, 1.54) is 4.57 Å². The number of halogens is 1. The number of ether oxygens (including phenoxy) is 2. The maximum atomic E-state index is 13.6. The van der Waals surface area contributed by atoms with Crippen molar-refractivity contribution in [2.75, 3.05) is 19.0 Å². The highest BCUT2D eigenvalue weighted by molar-refractivity contribution is 9.10.